The number of hydrogen-bond acceptors (Lipinski definition) is 5. The Balaban J connectivity index is -0.0000000607. The van der Waals surface area contributed by atoms with Gasteiger partial charge in [0.2, 0.25) is 0 Å². The summed E-state index contributed by atoms with van der Waals surface area (Å²) < 4.78 is 8.74. The zero-order valence-electron chi connectivity index (χ0n) is 6.56. The van der Waals surface area contributed by atoms with Gasteiger partial charge in [0, 0.05) is 0 Å². The molecule has 0 aliphatic carbocycles. The third-order valence-corrected chi connectivity index (χ3v) is 0.805. The molecule has 0 aromatic rings. The quantitative estimate of drug-likeness (QED) is 0.277. The molecule has 0 heterocycles. The summed E-state index contributed by atoms with van der Waals surface area (Å²) in [7, 11) is -3.13. The number of hydrogen-bond donors (Lipinski definition) is 6. The van der Waals surface area contributed by atoms with Crippen molar-refractivity contribution in [1.29, 1.82) is 0 Å². The second-order valence-corrected chi connectivity index (χ2v) is 2.41. The first-order chi connectivity index (χ1) is 6.20. The molecular formula is C4H11KNa2O9Si. The Morgan fingerprint density at radius 1 is 0.882 bits per heavy atom. The number of carbonyl (C=O) groups is 2. The Kier molecular flexibility index (Phi) is 33.5. The Morgan fingerprint density at radius 2 is 1.00 bits per heavy atom. The van der Waals surface area contributed by atoms with Crippen molar-refractivity contribution in [3.8, 4) is 0 Å². The molecule has 13 heteroatoms. The van der Waals surface area contributed by atoms with Crippen molar-refractivity contribution >= 4 is 132 Å². The summed E-state index contributed by atoms with van der Waals surface area (Å²) in [6.07, 6.45) is -4.53. The van der Waals surface area contributed by atoms with Gasteiger partial charge in [-0.1, -0.05) is 0 Å². The maximum absolute atomic E-state index is 9.77. The van der Waals surface area contributed by atoms with Crippen LogP contribution in [0.5, 0.6) is 0 Å². The number of carboxylic acids is 2. The van der Waals surface area contributed by atoms with Gasteiger partial charge in [0.05, 0.1) is 0 Å². The topological polar surface area (TPSA) is 173 Å². The minimum absolute atomic E-state index is 0. The third kappa shape index (κ3) is 23.6. The van der Waals surface area contributed by atoms with Gasteiger partial charge >= 0.3 is 132 Å². The molecule has 0 bridgehead atoms. The van der Waals surface area contributed by atoms with Crippen LogP contribution in [0, 0.1) is 0 Å². The van der Waals surface area contributed by atoms with Gasteiger partial charge in [0.15, 0.2) is 12.2 Å². The van der Waals surface area contributed by atoms with Crippen LogP contribution < -0.4 is 0 Å². The SMILES string of the molecule is O=C(O)C(O)C(O)C(=O)O.O=[Si](O)O.[KH].[NaH].[NaH]. The first-order valence-corrected chi connectivity index (χ1v) is 4.24. The fourth-order valence-electron chi connectivity index (χ4n) is 0.270. The van der Waals surface area contributed by atoms with Crippen molar-refractivity contribution in [3.05, 3.63) is 0 Å². The summed E-state index contributed by atoms with van der Waals surface area (Å²) in [5.74, 6) is -3.54. The molecule has 2 unspecified atom stereocenters. The van der Waals surface area contributed by atoms with E-state index in [2.05, 4.69) is 0 Å². The Hall–Kier alpha value is 2.11. The second kappa shape index (κ2) is 18.1. The monoisotopic (exact) mass is 316 g/mol. The van der Waals surface area contributed by atoms with E-state index in [0.29, 0.717) is 0 Å². The summed E-state index contributed by atoms with van der Waals surface area (Å²) in [6.45, 7) is 0. The van der Waals surface area contributed by atoms with Crippen LogP contribution in [0.2, 0.25) is 0 Å². The van der Waals surface area contributed by atoms with Gasteiger partial charge in [-0.3, -0.25) is 4.46 Å². The van der Waals surface area contributed by atoms with Crippen LogP contribution in [0.4, 0.5) is 0 Å². The van der Waals surface area contributed by atoms with Crippen molar-refractivity contribution in [2.24, 2.45) is 0 Å². The molecule has 17 heavy (non-hydrogen) atoms. The zero-order chi connectivity index (χ0) is 11.9. The van der Waals surface area contributed by atoms with Crippen molar-refractivity contribution < 1.29 is 44.1 Å². The Labute approximate surface area is 184 Å². The predicted octanol–water partition coefficient (Wildman–Crippen LogP) is -5.68. The normalized spacial score (nSPS) is 10.7. The number of rotatable bonds is 3. The fraction of sp³-hybridized carbons (Fsp3) is 0.500. The molecule has 9 nitrogen and oxygen atoms in total. The molecule has 0 amide bonds. The first-order valence-electron chi connectivity index (χ1n) is 2.93. The number of aliphatic carboxylic acids is 2. The molecule has 0 aliphatic heterocycles. The van der Waals surface area contributed by atoms with Gasteiger partial charge in [-0.15, -0.1) is 0 Å². The zero-order valence-corrected chi connectivity index (χ0v) is 7.56. The molecule has 0 fully saturated rings. The van der Waals surface area contributed by atoms with Gasteiger partial charge < -0.3 is 30.0 Å². The average molecular weight is 316 g/mol. The second-order valence-electron chi connectivity index (χ2n) is 1.85. The van der Waals surface area contributed by atoms with Crippen LogP contribution in [0.1, 0.15) is 0 Å². The number of carboxylic acid groups (broad SMARTS) is 2. The van der Waals surface area contributed by atoms with E-state index >= 15 is 0 Å². The first kappa shape index (κ1) is 31.5. The van der Waals surface area contributed by atoms with Crippen LogP contribution in [-0.4, -0.2) is 174 Å². The van der Waals surface area contributed by atoms with Gasteiger partial charge in [0.1, 0.15) is 0 Å². The van der Waals surface area contributed by atoms with Gasteiger partial charge in [0.25, 0.3) is 0 Å². The molecule has 0 aromatic carbocycles. The molecule has 0 spiro atoms. The summed E-state index contributed by atoms with van der Waals surface area (Å²) in [5, 5.41) is 32.5. The standard InChI is InChI=1S/C4H6O6.K.2Na.H2O3Si.3H/c5-1(3(7)8)2(6)4(9)10;;;;1-4(2)3;;;/h1-2,5-6H,(H,7,8)(H,9,10);;;;1-2H;;;. The van der Waals surface area contributed by atoms with Crippen LogP contribution >= 0.6 is 0 Å². The van der Waals surface area contributed by atoms with E-state index in [0.717, 1.165) is 0 Å². The number of aliphatic hydroxyl groups is 2. The molecule has 0 aliphatic rings. The molecule has 0 aromatic heterocycles. The molecule has 88 valence electrons. The van der Waals surface area contributed by atoms with E-state index < -0.39 is 33.3 Å². The third-order valence-electron chi connectivity index (χ3n) is 0.805. The van der Waals surface area contributed by atoms with Crippen molar-refractivity contribution in [3.63, 3.8) is 0 Å². The van der Waals surface area contributed by atoms with E-state index in [9.17, 15) is 9.59 Å². The molecule has 2 atom stereocenters. The van der Waals surface area contributed by atoms with E-state index in [1.54, 1.807) is 0 Å². The van der Waals surface area contributed by atoms with Gasteiger partial charge in [-0.25, -0.2) is 9.59 Å². The summed E-state index contributed by atoms with van der Waals surface area (Å²) in [6, 6.07) is 0. The van der Waals surface area contributed by atoms with E-state index in [1.807, 2.05) is 0 Å². The minimum atomic E-state index is -3.13. The summed E-state index contributed by atoms with van der Waals surface area (Å²) in [5.41, 5.74) is 0. The van der Waals surface area contributed by atoms with Gasteiger partial charge in [-0.05, 0) is 0 Å². The predicted molar refractivity (Wildman–Crippen MR) is 59.6 cm³/mol. The van der Waals surface area contributed by atoms with Crippen LogP contribution in [-0.2, 0) is 14.1 Å². The molecule has 0 rings (SSSR count). The van der Waals surface area contributed by atoms with Crippen molar-refractivity contribution in [2.45, 2.75) is 12.2 Å². The fourth-order valence-corrected chi connectivity index (χ4v) is 0.270. The average Bonchev–Trinajstić information content (AvgIpc) is 2.00. The van der Waals surface area contributed by atoms with Crippen molar-refractivity contribution in [1.82, 2.24) is 0 Å². The molecule has 6 N–H and O–H groups in total. The number of aliphatic hydroxyl groups excluding tert-OH is 2. The molecule has 0 saturated heterocycles. The van der Waals surface area contributed by atoms with Crippen LogP contribution in [0.25, 0.3) is 0 Å². The summed E-state index contributed by atoms with van der Waals surface area (Å²) >= 11 is 0. The van der Waals surface area contributed by atoms with E-state index in [-0.39, 0.29) is 110 Å². The van der Waals surface area contributed by atoms with Crippen LogP contribution in [0.3, 0.4) is 0 Å². The van der Waals surface area contributed by atoms with Gasteiger partial charge in [-0.2, -0.15) is 0 Å². The molecule has 0 radical (unpaired) electrons. The van der Waals surface area contributed by atoms with Crippen molar-refractivity contribution in [2.75, 3.05) is 0 Å². The van der Waals surface area contributed by atoms with Crippen LogP contribution in [0.15, 0.2) is 0 Å². The molecule has 0 saturated carbocycles. The maximum atomic E-state index is 9.77. The molecular weight excluding hydrogens is 305 g/mol. The Bertz CT molecular complexity index is 217. The summed E-state index contributed by atoms with van der Waals surface area (Å²) in [4.78, 5) is 33.9. The Morgan fingerprint density at radius 3 is 1.06 bits per heavy atom. The van der Waals surface area contributed by atoms with E-state index in [1.165, 1.54) is 0 Å². The van der Waals surface area contributed by atoms with E-state index in [4.69, 9.17) is 34.5 Å².